The van der Waals surface area contributed by atoms with Gasteiger partial charge in [0.05, 0.1) is 0 Å². The van der Waals surface area contributed by atoms with Crippen LogP contribution in [0.25, 0.3) is 0 Å². The molecule has 0 aromatic carbocycles. The van der Waals surface area contributed by atoms with Crippen LogP contribution in [0.1, 0.15) is 348 Å². The molecule has 0 heterocycles. The summed E-state index contributed by atoms with van der Waals surface area (Å²) < 4.78 is 16.9. The van der Waals surface area contributed by atoms with E-state index in [-0.39, 0.29) is 31.1 Å². The number of ether oxygens (including phenoxy) is 3. The van der Waals surface area contributed by atoms with E-state index < -0.39 is 6.10 Å². The molecular formula is C70H126O6. The summed E-state index contributed by atoms with van der Waals surface area (Å²) in [4.78, 5) is 38.3. The zero-order valence-corrected chi connectivity index (χ0v) is 50.8. The first-order valence-electron chi connectivity index (χ1n) is 33.3. The minimum absolute atomic E-state index is 0.0740. The van der Waals surface area contributed by atoms with Crippen LogP contribution in [0.4, 0.5) is 0 Å². The summed E-state index contributed by atoms with van der Waals surface area (Å²) in [5.41, 5.74) is 0. The highest BCUT2D eigenvalue weighted by atomic mass is 16.6. The molecule has 6 nitrogen and oxygen atoms in total. The smallest absolute Gasteiger partial charge is 0.306 e. The van der Waals surface area contributed by atoms with Crippen molar-refractivity contribution in [3.8, 4) is 0 Å². The number of unbranched alkanes of at least 4 members (excludes halogenated alkanes) is 40. The molecule has 1 unspecified atom stereocenters. The summed E-state index contributed by atoms with van der Waals surface area (Å²) in [7, 11) is 0. The highest BCUT2D eigenvalue weighted by Crippen LogP contribution is 2.18. The number of carbonyl (C=O) groups excluding carboxylic acids is 3. The highest BCUT2D eigenvalue weighted by Gasteiger charge is 2.19. The Labute approximate surface area is 472 Å². The largest absolute Gasteiger partial charge is 0.462 e. The molecule has 0 fully saturated rings. The first-order chi connectivity index (χ1) is 37.5. The molecule has 0 amide bonds. The van der Waals surface area contributed by atoms with Gasteiger partial charge in [-0.3, -0.25) is 14.4 Å². The van der Waals surface area contributed by atoms with Crippen LogP contribution in [0.3, 0.4) is 0 Å². The van der Waals surface area contributed by atoms with Crippen molar-refractivity contribution in [3.63, 3.8) is 0 Å². The average Bonchev–Trinajstić information content (AvgIpc) is 3.42. The third-order valence-corrected chi connectivity index (χ3v) is 14.8. The maximum absolute atomic E-state index is 12.9. The quantitative estimate of drug-likeness (QED) is 0.0261. The lowest BCUT2D eigenvalue weighted by Gasteiger charge is -2.18. The van der Waals surface area contributed by atoms with Crippen molar-refractivity contribution >= 4 is 17.9 Å². The van der Waals surface area contributed by atoms with Crippen molar-refractivity contribution in [2.45, 2.75) is 354 Å². The summed E-state index contributed by atoms with van der Waals surface area (Å²) in [6, 6.07) is 0. The van der Waals surface area contributed by atoms with E-state index in [9.17, 15) is 14.4 Å². The zero-order chi connectivity index (χ0) is 55.0. The average molecular weight is 1060 g/mol. The Balaban J connectivity index is 4.22. The third-order valence-electron chi connectivity index (χ3n) is 14.8. The molecule has 0 rings (SSSR count). The Bertz CT molecular complexity index is 1360. The number of rotatable bonds is 61. The van der Waals surface area contributed by atoms with E-state index in [1.807, 2.05) is 0 Å². The predicted molar refractivity (Wildman–Crippen MR) is 330 cm³/mol. The van der Waals surface area contributed by atoms with Gasteiger partial charge in [0, 0.05) is 19.3 Å². The van der Waals surface area contributed by atoms with Crippen molar-refractivity contribution in [2.75, 3.05) is 13.2 Å². The summed E-state index contributed by atoms with van der Waals surface area (Å²) in [5, 5.41) is 0. The monoisotopic (exact) mass is 1060 g/mol. The molecule has 6 heteroatoms. The number of allylic oxidation sites excluding steroid dienone is 10. The lowest BCUT2D eigenvalue weighted by atomic mass is 10.0. The van der Waals surface area contributed by atoms with Gasteiger partial charge < -0.3 is 14.2 Å². The summed E-state index contributed by atoms with van der Waals surface area (Å²) in [5.74, 6) is -0.865. The Kier molecular flexibility index (Phi) is 62.2. The predicted octanol–water partition coefficient (Wildman–Crippen LogP) is 22.7. The van der Waals surface area contributed by atoms with Gasteiger partial charge in [-0.1, -0.05) is 313 Å². The van der Waals surface area contributed by atoms with Gasteiger partial charge in [-0.05, 0) is 77.0 Å². The fraction of sp³-hybridized carbons (Fsp3) is 0.814. The van der Waals surface area contributed by atoms with Gasteiger partial charge in [-0.15, -0.1) is 0 Å². The van der Waals surface area contributed by atoms with Gasteiger partial charge in [0.1, 0.15) is 13.2 Å². The van der Waals surface area contributed by atoms with Crippen LogP contribution in [0.5, 0.6) is 0 Å². The lowest BCUT2D eigenvalue weighted by molar-refractivity contribution is -0.167. The van der Waals surface area contributed by atoms with Crippen LogP contribution in [0, 0.1) is 0 Å². The van der Waals surface area contributed by atoms with Crippen molar-refractivity contribution in [3.05, 3.63) is 60.8 Å². The fourth-order valence-corrected chi connectivity index (χ4v) is 9.77. The lowest BCUT2D eigenvalue weighted by Crippen LogP contribution is -2.30. The number of esters is 3. The van der Waals surface area contributed by atoms with Gasteiger partial charge in [0.15, 0.2) is 6.10 Å². The molecule has 0 bridgehead atoms. The Hall–Kier alpha value is -2.89. The number of hydrogen-bond acceptors (Lipinski definition) is 6. The van der Waals surface area contributed by atoms with Gasteiger partial charge in [-0.25, -0.2) is 0 Å². The van der Waals surface area contributed by atoms with Crippen molar-refractivity contribution in [2.24, 2.45) is 0 Å². The minimum Gasteiger partial charge on any atom is -0.462 e. The summed E-state index contributed by atoms with van der Waals surface area (Å²) in [6.07, 6.45) is 82.4. The molecule has 0 aliphatic carbocycles. The fourth-order valence-electron chi connectivity index (χ4n) is 9.77. The minimum atomic E-state index is -0.776. The SMILES string of the molecule is CC/C=C\C/C=C\C/C=C\C/C=C\CCCCCCCCCCCCCCC(=O)OCC(COC(=O)CCCCCCC/C=C\CCCC)OC(=O)CCCCCCCCCCCCCCCCCCCCCCCC. The topological polar surface area (TPSA) is 78.9 Å². The van der Waals surface area contributed by atoms with Crippen LogP contribution >= 0.6 is 0 Å². The second kappa shape index (κ2) is 64.6. The van der Waals surface area contributed by atoms with Crippen LogP contribution in [-0.4, -0.2) is 37.2 Å². The molecule has 442 valence electrons. The van der Waals surface area contributed by atoms with Crippen molar-refractivity contribution < 1.29 is 28.6 Å². The van der Waals surface area contributed by atoms with E-state index >= 15 is 0 Å². The van der Waals surface area contributed by atoms with Crippen LogP contribution in [0.2, 0.25) is 0 Å². The van der Waals surface area contributed by atoms with E-state index in [4.69, 9.17) is 14.2 Å². The van der Waals surface area contributed by atoms with Gasteiger partial charge in [0.25, 0.3) is 0 Å². The molecule has 76 heavy (non-hydrogen) atoms. The molecule has 0 aliphatic rings. The molecular weight excluding hydrogens is 937 g/mol. The molecule has 0 saturated heterocycles. The van der Waals surface area contributed by atoms with E-state index in [2.05, 4.69) is 81.5 Å². The molecule has 0 aromatic rings. The van der Waals surface area contributed by atoms with E-state index in [0.29, 0.717) is 19.3 Å². The molecule has 0 N–H and O–H groups in total. The van der Waals surface area contributed by atoms with E-state index in [1.54, 1.807) is 0 Å². The normalized spacial score (nSPS) is 12.4. The summed E-state index contributed by atoms with van der Waals surface area (Å²) >= 11 is 0. The van der Waals surface area contributed by atoms with Crippen LogP contribution in [0.15, 0.2) is 60.8 Å². The second-order valence-electron chi connectivity index (χ2n) is 22.4. The van der Waals surface area contributed by atoms with Crippen molar-refractivity contribution in [1.82, 2.24) is 0 Å². The third kappa shape index (κ3) is 62.0. The Morgan fingerprint density at radius 1 is 0.276 bits per heavy atom. The second-order valence-corrected chi connectivity index (χ2v) is 22.4. The Morgan fingerprint density at radius 2 is 0.526 bits per heavy atom. The maximum atomic E-state index is 12.9. The first kappa shape index (κ1) is 73.1. The number of hydrogen-bond donors (Lipinski definition) is 0. The Morgan fingerprint density at radius 3 is 0.855 bits per heavy atom. The standard InChI is InChI=1S/C70H126O6/c1-4-7-10-13-16-19-22-24-26-28-30-32-34-35-36-38-39-41-43-45-48-51-54-57-60-63-69(72)75-66-67(65-74-68(71)62-59-56-53-50-47-21-18-15-12-9-6-3)76-70(73)64-61-58-55-52-49-46-44-42-40-37-33-31-29-27-25-23-20-17-14-11-8-5-2/h7,10,15-16,18-19,24,26,30,32,67H,4-6,8-9,11-14,17,20-23,25,27-29,31,33-66H2,1-3H3/b10-7-,18-15-,19-16-,26-24-,32-30-. The van der Waals surface area contributed by atoms with Gasteiger partial charge in [0.2, 0.25) is 0 Å². The first-order valence-corrected chi connectivity index (χ1v) is 33.3. The molecule has 0 spiro atoms. The summed E-state index contributed by atoms with van der Waals surface area (Å²) in [6.45, 7) is 6.54. The maximum Gasteiger partial charge on any atom is 0.306 e. The zero-order valence-electron chi connectivity index (χ0n) is 50.8. The van der Waals surface area contributed by atoms with Gasteiger partial charge >= 0.3 is 17.9 Å². The van der Waals surface area contributed by atoms with Crippen LogP contribution < -0.4 is 0 Å². The van der Waals surface area contributed by atoms with Crippen molar-refractivity contribution in [1.29, 1.82) is 0 Å². The molecule has 0 aromatic heterocycles. The molecule has 0 saturated carbocycles. The highest BCUT2D eigenvalue weighted by molar-refractivity contribution is 5.71. The number of carbonyl (C=O) groups is 3. The molecule has 1 atom stereocenters. The van der Waals surface area contributed by atoms with E-state index in [0.717, 1.165) is 89.9 Å². The molecule has 0 aliphatic heterocycles. The van der Waals surface area contributed by atoms with Gasteiger partial charge in [-0.2, -0.15) is 0 Å². The van der Waals surface area contributed by atoms with E-state index in [1.165, 1.54) is 218 Å². The molecule has 0 radical (unpaired) electrons. The van der Waals surface area contributed by atoms with Crippen LogP contribution in [-0.2, 0) is 28.6 Å².